The maximum atomic E-state index is 11.2. The van der Waals surface area contributed by atoms with Gasteiger partial charge in [-0.3, -0.25) is 14.6 Å². The first kappa shape index (κ1) is 13.8. The Bertz CT molecular complexity index is 296. The zero-order valence-electron chi connectivity index (χ0n) is 11.4. The highest BCUT2D eigenvalue weighted by molar-refractivity contribution is 5.73. The molecule has 0 radical (unpaired) electrons. The van der Waals surface area contributed by atoms with Gasteiger partial charge < -0.3 is 10.4 Å². The third kappa shape index (κ3) is 3.43. The molecule has 5 heteroatoms. The van der Waals surface area contributed by atoms with Gasteiger partial charge in [0.2, 0.25) is 0 Å². The van der Waals surface area contributed by atoms with Crippen LogP contribution in [0.2, 0.25) is 0 Å². The summed E-state index contributed by atoms with van der Waals surface area (Å²) in [5.41, 5.74) is 0. The van der Waals surface area contributed by atoms with Crippen molar-refractivity contribution in [3.63, 3.8) is 0 Å². The molecule has 2 aliphatic heterocycles. The number of hydrogen-bond donors (Lipinski definition) is 2. The molecule has 2 aliphatic rings. The minimum atomic E-state index is -0.738. The van der Waals surface area contributed by atoms with Crippen molar-refractivity contribution in [3.8, 4) is 0 Å². The van der Waals surface area contributed by atoms with Crippen LogP contribution < -0.4 is 5.32 Å². The molecule has 2 N–H and O–H groups in total. The summed E-state index contributed by atoms with van der Waals surface area (Å²) in [5, 5.41) is 12.4. The Labute approximate surface area is 109 Å². The third-order valence-electron chi connectivity index (χ3n) is 3.94. The maximum Gasteiger partial charge on any atom is 0.322 e. The van der Waals surface area contributed by atoms with Crippen molar-refractivity contribution in [2.24, 2.45) is 0 Å². The lowest BCUT2D eigenvalue weighted by Gasteiger charge is -2.38. The highest BCUT2D eigenvalue weighted by Crippen LogP contribution is 2.21. The molecule has 0 aromatic carbocycles. The van der Waals surface area contributed by atoms with Crippen LogP contribution in [0, 0.1) is 0 Å². The molecule has 0 aliphatic carbocycles. The minimum absolute atomic E-state index is 0.207. The van der Waals surface area contributed by atoms with E-state index in [4.69, 9.17) is 0 Å². The second-order valence-electron chi connectivity index (χ2n) is 5.80. The van der Waals surface area contributed by atoms with Crippen molar-refractivity contribution in [3.05, 3.63) is 0 Å². The Morgan fingerprint density at radius 2 is 2.17 bits per heavy atom. The third-order valence-corrected chi connectivity index (χ3v) is 3.94. The Kier molecular flexibility index (Phi) is 4.59. The van der Waals surface area contributed by atoms with E-state index in [1.54, 1.807) is 0 Å². The molecule has 18 heavy (non-hydrogen) atoms. The minimum Gasteiger partial charge on any atom is -0.480 e. The largest absolute Gasteiger partial charge is 0.480 e. The lowest BCUT2D eigenvalue weighted by Crippen LogP contribution is -2.55. The molecular weight excluding hydrogens is 230 g/mol. The Hall–Kier alpha value is -0.650. The van der Waals surface area contributed by atoms with E-state index in [-0.39, 0.29) is 6.04 Å². The molecular formula is C13H25N3O2. The van der Waals surface area contributed by atoms with Gasteiger partial charge in [-0.1, -0.05) is 13.8 Å². The number of aliphatic carboxylic acids is 1. The molecule has 2 fully saturated rings. The van der Waals surface area contributed by atoms with Crippen LogP contribution >= 0.6 is 0 Å². The van der Waals surface area contributed by atoms with E-state index in [9.17, 15) is 9.90 Å². The van der Waals surface area contributed by atoms with E-state index in [2.05, 4.69) is 15.1 Å². The van der Waals surface area contributed by atoms with E-state index in [1.807, 2.05) is 13.8 Å². The zero-order valence-corrected chi connectivity index (χ0v) is 11.4. The fourth-order valence-electron chi connectivity index (χ4n) is 3.08. The normalized spacial score (nSPS) is 27.4. The maximum absolute atomic E-state index is 11.2. The first-order valence-corrected chi connectivity index (χ1v) is 7.01. The highest BCUT2D eigenvalue weighted by Gasteiger charge is 2.32. The lowest BCUT2D eigenvalue weighted by atomic mass is 10.1. The Balaban J connectivity index is 1.85. The van der Waals surface area contributed by atoms with Gasteiger partial charge >= 0.3 is 5.97 Å². The second kappa shape index (κ2) is 5.99. The quantitative estimate of drug-likeness (QED) is 0.736. The average molecular weight is 255 g/mol. The molecule has 0 spiro atoms. The van der Waals surface area contributed by atoms with E-state index in [0.717, 1.165) is 19.6 Å². The molecule has 0 aromatic rings. The van der Waals surface area contributed by atoms with Crippen LogP contribution in [-0.4, -0.2) is 71.7 Å². The summed E-state index contributed by atoms with van der Waals surface area (Å²) < 4.78 is 0. The number of carboxylic acids is 1. The van der Waals surface area contributed by atoms with E-state index >= 15 is 0 Å². The number of rotatable bonds is 5. The van der Waals surface area contributed by atoms with Gasteiger partial charge in [0.15, 0.2) is 0 Å². The average Bonchev–Trinajstić information content (AvgIpc) is 2.74. The predicted octanol–water partition coefficient (Wildman–Crippen LogP) is 0.218. The number of fused-ring (bicyclic) bond motifs is 1. The monoisotopic (exact) mass is 255 g/mol. The van der Waals surface area contributed by atoms with Crippen molar-refractivity contribution in [2.45, 2.75) is 44.8 Å². The molecule has 2 unspecified atom stereocenters. The number of nitrogens with zero attached hydrogens (tertiary/aromatic N) is 2. The van der Waals surface area contributed by atoms with Crippen LogP contribution in [0.25, 0.3) is 0 Å². The summed E-state index contributed by atoms with van der Waals surface area (Å²) in [6, 6.07) is 0.420. The van der Waals surface area contributed by atoms with Gasteiger partial charge in [-0.2, -0.15) is 0 Å². The summed E-state index contributed by atoms with van der Waals surface area (Å²) in [5.74, 6) is -0.738. The molecule has 2 atom stereocenters. The van der Waals surface area contributed by atoms with E-state index in [1.165, 1.54) is 19.4 Å². The van der Waals surface area contributed by atoms with Gasteiger partial charge in [0.1, 0.15) is 6.04 Å². The van der Waals surface area contributed by atoms with E-state index < -0.39 is 12.0 Å². The lowest BCUT2D eigenvalue weighted by molar-refractivity contribution is -0.140. The fourth-order valence-corrected chi connectivity index (χ4v) is 3.08. The molecule has 0 bridgehead atoms. The Morgan fingerprint density at radius 1 is 1.39 bits per heavy atom. The van der Waals surface area contributed by atoms with Crippen molar-refractivity contribution in [2.75, 3.05) is 32.7 Å². The number of carbonyl (C=O) groups is 1. The van der Waals surface area contributed by atoms with Crippen LogP contribution in [0.4, 0.5) is 0 Å². The molecule has 2 saturated heterocycles. The van der Waals surface area contributed by atoms with Gasteiger partial charge in [0, 0.05) is 38.3 Å². The Morgan fingerprint density at radius 3 is 2.83 bits per heavy atom. The number of nitrogens with one attached hydrogen (secondary N) is 1. The van der Waals surface area contributed by atoms with Crippen molar-refractivity contribution < 1.29 is 9.90 Å². The molecule has 104 valence electrons. The zero-order chi connectivity index (χ0) is 13.1. The molecule has 2 heterocycles. The molecule has 5 nitrogen and oxygen atoms in total. The topological polar surface area (TPSA) is 55.8 Å². The van der Waals surface area contributed by atoms with Gasteiger partial charge in [0.25, 0.3) is 0 Å². The van der Waals surface area contributed by atoms with Crippen molar-refractivity contribution in [1.29, 1.82) is 0 Å². The summed E-state index contributed by atoms with van der Waals surface area (Å²) in [6.45, 7) is 8.96. The van der Waals surface area contributed by atoms with Gasteiger partial charge in [0.05, 0.1) is 0 Å². The number of carboxylic acid groups (broad SMARTS) is 1. The van der Waals surface area contributed by atoms with Gasteiger partial charge in [-0.05, 0) is 19.4 Å². The highest BCUT2D eigenvalue weighted by atomic mass is 16.4. The summed E-state index contributed by atoms with van der Waals surface area (Å²) in [6.07, 6.45) is 2.57. The fraction of sp³-hybridized carbons (Fsp3) is 0.923. The molecule has 0 aromatic heterocycles. The molecule has 0 amide bonds. The van der Waals surface area contributed by atoms with E-state index in [0.29, 0.717) is 12.6 Å². The van der Waals surface area contributed by atoms with Crippen LogP contribution in [0.15, 0.2) is 0 Å². The first-order chi connectivity index (χ1) is 8.56. The number of piperazine rings is 1. The standard InChI is InChI=1S/C13H25N3O2/c1-10(2)14-12(13(17)18)9-15-6-7-16-5-3-4-11(16)8-15/h10-12,14H,3-9H2,1-2H3,(H,17,18). The summed E-state index contributed by atoms with van der Waals surface area (Å²) in [4.78, 5) is 16.1. The predicted molar refractivity (Wildman–Crippen MR) is 70.7 cm³/mol. The van der Waals surface area contributed by atoms with Crippen LogP contribution in [0.1, 0.15) is 26.7 Å². The smallest absolute Gasteiger partial charge is 0.322 e. The molecule has 0 saturated carbocycles. The number of hydrogen-bond acceptors (Lipinski definition) is 4. The second-order valence-corrected chi connectivity index (χ2v) is 5.80. The van der Waals surface area contributed by atoms with Crippen molar-refractivity contribution in [1.82, 2.24) is 15.1 Å². The van der Waals surface area contributed by atoms with Crippen molar-refractivity contribution >= 4 is 5.97 Å². The van der Waals surface area contributed by atoms with Crippen LogP contribution in [0.3, 0.4) is 0 Å². The van der Waals surface area contributed by atoms with Gasteiger partial charge in [-0.25, -0.2) is 0 Å². The summed E-state index contributed by atoms with van der Waals surface area (Å²) in [7, 11) is 0. The van der Waals surface area contributed by atoms with Gasteiger partial charge in [-0.15, -0.1) is 0 Å². The van der Waals surface area contributed by atoms with Crippen LogP contribution in [-0.2, 0) is 4.79 Å². The first-order valence-electron chi connectivity index (χ1n) is 7.01. The SMILES string of the molecule is CC(C)NC(CN1CCN2CCCC2C1)C(=O)O. The molecule has 2 rings (SSSR count). The van der Waals surface area contributed by atoms with Crippen LogP contribution in [0.5, 0.6) is 0 Å². The summed E-state index contributed by atoms with van der Waals surface area (Å²) >= 11 is 0.